The second-order valence-electron chi connectivity index (χ2n) is 0. The van der Waals surface area contributed by atoms with Crippen molar-refractivity contribution in [2.75, 3.05) is 0 Å². The maximum Gasteiger partial charge on any atom is 4.00 e. The van der Waals surface area contributed by atoms with Crippen molar-refractivity contribution in [2.24, 2.45) is 0 Å². The van der Waals surface area contributed by atoms with Crippen LogP contribution in [0.5, 0.6) is 0 Å². The van der Waals surface area contributed by atoms with Gasteiger partial charge >= 0.3 is 58.4 Å². The van der Waals surface area contributed by atoms with E-state index in [4.69, 9.17) is 0 Å². The predicted octanol–water partition coefficient (Wildman–Crippen LogP) is -1.53. The van der Waals surface area contributed by atoms with Crippen molar-refractivity contribution in [1.82, 2.24) is 0 Å². The molecule has 0 amide bonds. The van der Waals surface area contributed by atoms with Gasteiger partial charge in [-0.3, -0.25) is 0 Å². The molecule has 0 heterocycles. The van der Waals surface area contributed by atoms with Gasteiger partial charge in [-0.2, -0.15) is 0 Å². The molecule has 0 unspecified atom stereocenters. The Morgan fingerprint density at radius 2 is 0.286 bits per heavy atom. The molecule has 0 aliphatic carbocycles. The van der Waals surface area contributed by atoms with Gasteiger partial charge in [-0.05, 0) is 0 Å². The van der Waals surface area contributed by atoms with Crippen molar-refractivity contribution in [3.8, 4) is 0 Å². The normalized spacial score (nSPS) is 0. The summed E-state index contributed by atoms with van der Waals surface area (Å²) in [4.78, 5) is 0. The van der Waals surface area contributed by atoms with Crippen molar-refractivity contribution in [3.63, 3.8) is 0 Å². The molecule has 0 saturated carbocycles. The average molecular weight is 411 g/mol. The molecule has 0 N–H and O–H groups in total. The Morgan fingerprint density at radius 1 is 0.286 bits per heavy atom. The largest absolute Gasteiger partial charge is 4.00 e. The summed E-state index contributed by atoms with van der Waals surface area (Å²) < 4.78 is 0. The summed E-state index contributed by atoms with van der Waals surface area (Å²) in [5, 5.41) is 0. The Hall–Kier alpha value is 4.00. The third-order valence-corrected chi connectivity index (χ3v) is 0. The van der Waals surface area contributed by atoms with Crippen LogP contribution in [-0.2, 0) is 58.4 Å². The minimum Gasteiger partial charge on any atom is 0 e. The zero-order valence-corrected chi connectivity index (χ0v) is 13.2. The molecule has 0 rings (SSSR count). The van der Waals surface area contributed by atoms with Crippen molar-refractivity contribution >= 4 is 69.4 Å². The van der Waals surface area contributed by atoms with E-state index in [-0.39, 0.29) is 128 Å². The Kier molecular flexibility index (Phi) is 497. The third kappa shape index (κ3) is 40.0. The first-order valence-electron chi connectivity index (χ1n) is 0. The van der Waals surface area contributed by atoms with Gasteiger partial charge in [-0.1, -0.05) is 0 Å². The number of hydrogen-bond donors (Lipinski definition) is 0. The van der Waals surface area contributed by atoms with Crippen LogP contribution in [0.2, 0.25) is 0 Å². The average Bonchev–Trinajstić information content (AvgIpc) is 0. The standard InChI is InChI=1S/4Al.3Ru/q;;;;3*+4. The molecule has 0 fully saturated rings. The fraction of sp³-hybridized carbons (Fsp3) is 0. The van der Waals surface area contributed by atoms with Crippen LogP contribution in [0.15, 0.2) is 0 Å². The minimum absolute atomic E-state index is 0. The van der Waals surface area contributed by atoms with Crippen molar-refractivity contribution < 1.29 is 58.4 Å². The molecule has 7 heavy (non-hydrogen) atoms. The van der Waals surface area contributed by atoms with Crippen LogP contribution in [-0.4, -0.2) is 69.4 Å². The van der Waals surface area contributed by atoms with E-state index >= 15 is 0 Å². The Morgan fingerprint density at radius 3 is 0.286 bits per heavy atom. The number of rotatable bonds is 0. The molecule has 0 bridgehead atoms. The fourth-order valence-corrected chi connectivity index (χ4v) is 0. The summed E-state index contributed by atoms with van der Waals surface area (Å²) in [6, 6.07) is 0. The van der Waals surface area contributed by atoms with Crippen LogP contribution in [0.3, 0.4) is 0 Å². The molecule has 0 aliphatic heterocycles. The molecular weight excluding hydrogens is 411 g/mol. The van der Waals surface area contributed by atoms with E-state index < -0.39 is 0 Å². The molecule has 0 aromatic rings. The zero-order chi connectivity index (χ0) is 0. The van der Waals surface area contributed by atoms with Crippen molar-refractivity contribution in [2.45, 2.75) is 0 Å². The summed E-state index contributed by atoms with van der Waals surface area (Å²) >= 11 is 0. The van der Waals surface area contributed by atoms with E-state index in [1.807, 2.05) is 0 Å². The minimum atomic E-state index is 0. The van der Waals surface area contributed by atoms with Gasteiger partial charge in [0, 0.05) is 69.4 Å². The van der Waals surface area contributed by atoms with Gasteiger partial charge < -0.3 is 0 Å². The Labute approximate surface area is 126 Å². The maximum atomic E-state index is 0. The van der Waals surface area contributed by atoms with E-state index in [2.05, 4.69) is 0 Å². The molecule has 12 radical (unpaired) electrons. The smallest absolute Gasteiger partial charge is 0 e. The second-order valence-corrected chi connectivity index (χ2v) is 0. The second kappa shape index (κ2) is 50.6. The Bertz CT molecular complexity index is 6.90. The maximum absolute atomic E-state index is 0. The summed E-state index contributed by atoms with van der Waals surface area (Å²) in [6.45, 7) is 0. The Balaban J connectivity index is 0. The first-order valence-corrected chi connectivity index (χ1v) is 0. The first kappa shape index (κ1) is 68.8. The van der Waals surface area contributed by atoms with E-state index in [1.54, 1.807) is 0 Å². The molecule has 0 nitrogen and oxygen atoms in total. The van der Waals surface area contributed by atoms with Gasteiger partial charge in [-0.25, -0.2) is 0 Å². The quantitative estimate of drug-likeness (QED) is 0.425. The van der Waals surface area contributed by atoms with Gasteiger partial charge in [0.1, 0.15) is 0 Å². The van der Waals surface area contributed by atoms with Crippen LogP contribution in [0.1, 0.15) is 0 Å². The topological polar surface area (TPSA) is 0 Å². The van der Waals surface area contributed by atoms with Gasteiger partial charge in [-0.15, -0.1) is 0 Å². The third-order valence-electron chi connectivity index (χ3n) is 0. The van der Waals surface area contributed by atoms with Crippen molar-refractivity contribution in [3.05, 3.63) is 0 Å². The molecule has 0 aromatic carbocycles. The molecular formula is Al4Ru3+12. The molecule has 0 aromatic heterocycles. The summed E-state index contributed by atoms with van der Waals surface area (Å²) in [5.74, 6) is 0. The molecule has 0 aliphatic rings. The van der Waals surface area contributed by atoms with Gasteiger partial charge in [0.05, 0.1) is 0 Å². The molecule has 0 saturated heterocycles. The first-order chi connectivity index (χ1) is 0. The molecule has 24 valence electrons. The van der Waals surface area contributed by atoms with E-state index in [0.29, 0.717) is 0 Å². The summed E-state index contributed by atoms with van der Waals surface area (Å²) in [7, 11) is 0. The fourth-order valence-electron chi connectivity index (χ4n) is 0. The monoisotopic (exact) mass is 414 g/mol. The van der Waals surface area contributed by atoms with E-state index in [9.17, 15) is 0 Å². The van der Waals surface area contributed by atoms with Crippen LogP contribution >= 0.6 is 0 Å². The number of hydrogen-bond acceptors (Lipinski definition) is 0. The van der Waals surface area contributed by atoms with Crippen LogP contribution < -0.4 is 0 Å². The van der Waals surface area contributed by atoms with Crippen molar-refractivity contribution in [1.29, 1.82) is 0 Å². The van der Waals surface area contributed by atoms with Gasteiger partial charge in [0.2, 0.25) is 0 Å². The zero-order valence-electron chi connectivity index (χ0n) is 3.37. The summed E-state index contributed by atoms with van der Waals surface area (Å²) in [6.07, 6.45) is 0. The predicted molar refractivity (Wildman–Crippen MR) is 23.0 cm³/mol. The van der Waals surface area contributed by atoms with Gasteiger partial charge in [0.15, 0.2) is 0 Å². The van der Waals surface area contributed by atoms with Crippen LogP contribution in [0.25, 0.3) is 0 Å². The van der Waals surface area contributed by atoms with E-state index in [1.165, 1.54) is 0 Å². The SMILES string of the molecule is [Al].[Al].[Al].[Al].[Ru+4].[Ru+4].[Ru+4]. The van der Waals surface area contributed by atoms with E-state index in [0.717, 1.165) is 0 Å². The van der Waals surface area contributed by atoms with Crippen LogP contribution in [0.4, 0.5) is 0 Å². The summed E-state index contributed by atoms with van der Waals surface area (Å²) in [5.41, 5.74) is 0. The molecule has 0 atom stereocenters. The van der Waals surface area contributed by atoms with Gasteiger partial charge in [0.25, 0.3) is 0 Å². The molecule has 0 spiro atoms. The molecule has 7 heteroatoms. The van der Waals surface area contributed by atoms with Crippen LogP contribution in [0, 0.1) is 0 Å².